The van der Waals surface area contributed by atoms with Gasteiger partial charge >= 0.3 is 5.97 Å². The molecule has 7 nitrogen and oxygen atoms in total. The molecule has 3 N–H and O–H groups in total. The monoisotopic (exact) mass is 468 g/mol. The van der Waals surface area contributed by atoms with Gasteiger partial charge < -0.3 is 20.3 Å². The van der Waals surface area contributed by atoms with E-state index < -0.39 is 5.97 Å². The quantitative estimate of drug-likeness (QED) is 0.365. The molecule has 1 amide bonds. The number of carbonyl (C=O) groups is 2. The molecule has 0 saturated carbocycles. The number of allylic oxidation sites excluding steroid dienone is 1. The maximum atomic E-state index is 12.6. The summed E-state index contributed by atoms with van der Waals surface area (Å²) in [6, 6.07) is 18.3. The number of aromatic carboxylic acids is 1. The predicted molar refractivity (Wildman–Crippen MR) is 139 cm³/mol. The second-order valence-electron chi connectivity index (χ2n) is 8.55. The Kier molecular flexibility index (Phi) is 6.68. The Balaban J connectivity index is 1.77. The molecule has 0 unspecified atom stereocenters. The molecule has 7 heteroatoms. The molecule has 0 aliphatic heterocycles. The number of imidazole rings is 1. The lowest BCUT2D eigenvalue weighted by Gasteiger charge is -2.13. The number of nitrogens with two attached hydrogens (primary N) is 1. The first-order chi connectivity index (χ1) is 16.8. The third-order valence-corrected chi connectivity index (χ3v) is 5.83. The molecule has 0 aliphatic rings. The molecule has 0 spiro atoms. The highest BCUT2D eigenvalue weighted by molar-refractivity contribution is 6.01. The molecule has 1 aromatic heterocycles. The highest BCUT2D eigenvalue weighted by atomic mass is 16.4. The lowest BCUT2D eigenvalue weighted by Crippen LogP contribution is -2.21. The molecular weight excluding hydrogens is 440 g/mol. The maximum Gasteiger partial charge on any atom is 0.336 e. The van der Waals surface area contributed by atoms with Crippen molar-refractivity contribution in [3.8, 4) is 11.1 Å². The largest absolute Gasteiger partial charge is 0.478 e. The van der Waals surface area contributed by atoms with Gasteiger partial charge in [0.25, 0.3) is 5.91 Å². The number of rotatable bonds is 7. The van der Waals surface area contributed by atoms with Crippen LogP contribution in [0.15, 0.2) is 66.7 Å². The zero-order chi connectivity index (χ0) is 25.1. The summed E-state index contributed by atoms with van der Waals surface area (Å²) in [5.74, 6) is -0.329. The fraction of sp³-hybridized carbons (Fsp3) is 0.179. The van der Waals surface area contributed by atoms with Crippen LogP contribution in [-0.2, 0) is 6.54 Å². The van der Waals surface area contributed by atoms with Gasteiger partial charge in [-0.2, -0.15) is 0 Å². The van der Waals surface area contributed by atoms with Gasteiger partial charge in [0.2, 0.25) is 0 Å². The van der Waals surface area contributed by atoms with E-state index in [4.69, 9.17) is 10.7 Å². The summed E-state index contributed by atoms with van der Waals surface area (Å²) < 4.78 is 2.05. The van der Waals surface area contributed by atoms with Crippen LogP contribution in [0.4, 0.5) is 5.69 Å². The first kappa shape index (κ1) is 23.8. The standard InChI is InChI=1S/C28H28N4O3/c1-4-5-10-25-30-26-23(29)15-20(27(33)31(2)3)16-24(26)32(25)17-18-11-13-19(14-12-18)21-8-6-7-9-22(21)28(34)35/h5-16H,4,17,29H2,1-3H3,(H,34,35)/b10-5+. The van der Waals surface area contributed by atoms with Gasteiger partial charge in [-0.05, 0) is 47.4 Å². The Bertz CT molecular complexity index is 1430. The van der Waals surface area contributed by atoms with Crippen molar-refractivity contribution in [2.75, 3.05) is 19.8 Å². The number of benzene rings is 3. The molecule has 4 rings (SSSR count). The number of carboxylic acid groups (broad SMARTS) is 1. The van der Waals surface area contributed by atoms with E-state index in [1.54, 1.807) is 32.3 Å². The van der Waals surface area contributed by atoms with Crippen molar-refractivity contribution < 1.29 is 14.7 Å². The minimum absolute atomic E-state index is 0.126. The number of hydrogen-bond acceptors (Lipinski definition) is 4. The summed E-state index contributed by atoms with van der Waals surface area (Å²) in [5, 5.41) is 9.52. The van der Waals surface area contributed by atoms with Crippen LogP contribution in [0.2, 0.25) is 0 Å². The lowest BCUT2D eigenvalue weighted by molar-refractivity contribution is 0.0697. The van der Waals surface area contributed by atoms with Crippen LogP contribution in [0.25, 0.3) is 28.2 Å². The Hall–Kier alpha value is -4.39. The van der Waals surface area contributed by atoms with E-state index in [1.165, 1.54) is 4.90 Å². The van der Waals surface area contributed by atoms with Crippen molar-refractivity contribution in [1.82, 2.24) is 14.5 Å². The molecule has 4 aromatic rings. The van der Waals surface area contributed by atoms with E-state index in [-0.39, 0.29) is 11.5 Å². The molecule has 0 saturated heterocycles. The summed E-state index contributed by atoms with van der Waals surface area (Å²) in [6.45, 7) is 2.57. The second kappa shape index (κ2) is 9.85. The van der Waals surface area contributed by atoms with Crippen LogP contribution < -0.4 is 5.73 Å². The normalized spacial score (nSPS) is 11.3. The lowest BCUT2D eigenvalue weighted by atomic mass is 9.99. The Labute approximate surface area is 204 Å². The van der Waals surface area contributed by atoms with Crippen molar-refractivity contribution in [3.05, 3.63) is 89.3 Å². The highest BCUT2D eigenvalue weighted by Crippen LogP contribution is 2.28. The number of fused-ring (bicyclic) bond motifs is 1. The molecule has 178 valence electrons. The van der Waals surface area contributed by atoms with Crippen LogP contribution >= 0.6 is 0 Å². The van der Waals surface area contributed by atoms with Crippen molar-refractivity contribution in [1.29, 1.82) is 0 Å². The van der Waals surface area contributed by atoms with Gasteiger partial charge in [0.15, 0.2) is 0 Å². The van der Waals surface area contributed by atoms with Crippen molar-refractivity contribution >= 4 is 34.7 Å². The number of carbonyl (C=O) groups excluding carboxylic acids is 1. The van der Waals surface area contributed by atoms with E-state index in [0.29, 0.717) is 28.9 Å². The zero-order valence-corrected chi connectivity index (χ0v) is 20.0. The number of anilines is 1. The molecule has 1 heterocycles. The number of hydrogen-bond donors (Lipinski definition) is 2. The fourth-order valence-corrected chi connectivity index (χ4v) is 4.06. The molecule has 35 heavy (non-hydrogen) atoms. The number of aromatic nitrogens is 2. The molecule has 0 radical (unpaired) electrons. The van der Waals surface area contributed by atoms with Gasteiger partial charge in [0.05, 0.1) is 16.8 Å². The molecule has 3 aromatic carbocycles. The van der Waals surface area contributed by atoms with E-state index in [1.807, 2.05) is 59.2 Å². The minimum atomic E-state index is -0.956. The topological polar surface area (TPSA) is 101 Å². The summed E-state index contributed by atoms with van der Waals surface area (Å²) in [5.41, 5.74) is 11.5. The SMILES string of the molecule is CC/C=C/c1nc2c(N)cc(C(=O)N(C)C)cc2n1Cc1ccc(-c2ccccc2C(=O)O)cc1. The van der Waals surface area contributed by atoms with Gasteiger partial charge in [-0.3, -0.25) is 4.79 Å². The zero-order valence-electron chi connectivity index (χ0n) is 20.0. The molecule has 0 aliphatic carbocycles. The van der Waals surface area contributed by atoms with Crippen LogP contribution in [0.3, 0.4) is 0 Å². The fourth-order valence-electron chi connectivity index (χ4n) is 4.06. The van der Waals surface area contributed by atoms with E-state index in [9.17, 15) is 14.7 Å². The van der Waals surface area contributed by atoms with E-state index in [0.717, 1.165) is 28.9 Å². The number of nitrogen functional groups attached to an aromatic ring is 1. The second-order valence-corrected chi connectivity index (χ2v) is 8.55. The highest BCUT2D eigenvalue weighted by Gasteiger charge is 2.17. The Morgan fingerprint density at radius 1 is 1.09 bits per heavy atom. The van der Waals surface area contributed by atoms with Crippen LogP contribution in [0.1, 0.15) is 45.4 Å². The van der Waals surface area contributed by atoms with E-state index >= 15 is 0 Å². The average molecular weight is 469 g/mol. The third-order valence-electron chi connectivity index (χ3n) is 5.83. The Morgan fingerprint density at radius 3 is 2.46 bits per heavy atom. The van der Waals surface area contributed by atoms with Gasteiger partial charge in [0.1, 0.15) is 11.3 Å². The summed E-state index contributed by atoms with van der Waals surface area (Å²) in [7, 11) is 3.42. The van der Waals surface area contributed by atoms with Gasteiger partial charge in [-0.1, -0.05) is 55.5 Å². The number of carboxylic acids is 1. The van der Waals surface area contributed by atoms with Crippen LogP contribution in [-0.4, -0.2) is 45.5 Å². The van der Waals surface area contributed by atoms with Crippen LogP contribution in [0, 0.1) is 0 Å². The van der Waals surface area contributed by atoms with Crippen molar-refractivity contribution in [3.63, 3.8) is 0 Å². The van der Waals surface area contributed by atoms with Crippen molar-refractivity contribution in [2.45, 2.75) is 19.9 Å². The number of nitrogens with zero attached hydrogens (tertiary/aromatic N) is 3. The van der Waals surface area contributed by atoms with Gasteiger partial charge in [-0.15, -0.1) is 0 Å². The third kappa shape index (κ3) is 4.80. The molecule has 0 bridgehead atoms. The maximum absolute atomic E-state index is 12.6. The first-order valence-electron chi connectivity index (χ1n) is 11.4. The summed E-state index contributed by atoms with van der Waals surface area (Å²) in [6.07, 6.45) is 4.86. The predicted octanol–water partition coefficient (Wildman–Crippen LogP) is 5.16. The van der Waals surface area contributed by atoms with Crippen LogP contribution in [0.5, 0.6) is 0 Å². The average Bonchev–Trinajstić information content (AvgIpc) is 3.20. The number of amides is 1. The summed E-state index contributed by atoms with van der Waals surface area (Å²) >= 11 is 0. The first-order valence-corrected chi connectivity index (χ1v) is 11.4. The molecule has 0 fully saturated rings. The summed E-state index contributed by atoms with van der Waals surface area (Å²) in [4.78, 5) is 30.5. The van der Waals surface area contributed by atoms with E-state index in [2.05, 4.69) is 6.92 Å². The smallest absolute Gasteiger partial charge is 0.336 e. The molecular formula is C28H28N4O3. The molecule has 0 atom stereocenters. The Morgan fingerprint density at radius 2 is 1.80 bits per heavy atom. The van der Waals surface area contributed by atoms with Gasteiger partial charge in [0, 0.05) is 26.2 Å². The van der Waals surface area contributed by atoms with Gasteiger partial charge in [-0.25, -0.2) is 9.78 Å². The minimum Gasteiger partial charge on any atom is -0.478 e. The van der Waals surface area contributed by atoms with Crippen molar-refractivity contribution in [2.24, 2.45) is 0 Å².